The molecule has 0 saturated heterocycles. The number of carbonyl (C=O) groups is 2. The molecule has 6 nitrogen and oxygen atoms in total. The van der Waals surface area contributed by atoms with Crippen molar-refractivity contribution in [2.75, 3.05) is 13.2 Å². The Balaban J connectivity index is 3.49. The standard InChI is InChI=1S/C68H125NO5/c1-3-5-7-9-11-13-15-17-19-21-29-32-36-40-44-48-52-56-60-66(71)65(64-70)69-67(72)61-57-53-49-45-41-37-33-30-27-25-23-22-24-26-28-31-35-39-43-47-51-55-59-63-74-68(73)62-58-54-50-46-42-38-34-20-18-16-14-12-10-8-6-4-2/h14,16,20,22,24-25,27,34,56,60,65-66,70-71H,3-13,15,17-19,21,23,26,28-33,35-55,57-59,61-64H2,1-2H3,(H,69,72)/b16-14-,24-22-,27-25-,34-20-,60-56+. The molecule has 0 aliphatic carbocycles. The van der Waals surface area contributed by atoms with Crippen LogP contribution in [0, 0.1) is 0 Å². The Labute approximate surface area is 460 Å². The van der Waals surface area contributed by atoms with Crippen LogP contribution in [-0.4, -0.2) is 47.4 Å². The maximum absolute atomic E-state index is 12.5. The van der Waals surface area contributed by atoms with Crippen LogP contribution in [0.1, 0.15) is 335 Å². The SMILES string of the molecule is CCCCCC/C=C\C/C=C\CCCCCCCC(=O)OCCCCCCCCCCC/C=C\C/C=C\CCCCCCCCCC(=O)NC(CO)C(O)/C=C/CCCCCCCCCCCCCCCCCC. The van der Waals surface area contributed by atoms with E-state index in [0.717, 1.165) is 70.6 Å². The maximum Gasteiger partial charge on any atom is 0.305 e. The zero-order valence-electron chi connectivity index (χ0n) is 49.3. The van der Waals surface area contributed by atoms with E-state index in [1.54, 1.807) is 6.08 Å². The molecular weight excluding hydrogens is 911 g/mol. The molecule has 0 heterocycles. The summed E-state index contributed by atoms with van der Waals surface area (Å²) in [4.78, 5) is 24.6. The number of carbonyl (C=O) groups excluding carboxylic acids is 2. The van der Waals surface area contributed by atoms with Gasteiger partial charge < -0.3 is 20.3 Å². The Kier molecular flexibility index (Phi) is 61.0. The average molecular weight is 1040 g/mol. The smallest absolute Gasteiger partial charge is 0.305 e. The van der Waals surface area contributed by atoms with E-state index in [2.05, 4.69) is 67.8 Å². The average Bonchev–Trinajstić information content (AvgIpc) is 3.40. The Morgan fingerprint density at radius 3 is 1.04 bits per heavy atom. The highest BCUT2D eigenvalue weighted by atomic mass is 16.5. The predicted octanol–water partition coefficient (Wildman–Crippen LogP) is 20.7. The van der Waals surface area contributed by atoms with Crippen molar-refractivity contribution in [3.05, 3.63) is 60.8 Å². The number of esters is 1. The van der Waals surface area contributed by atoms with Crippen LogP contribution in [0.3, 0.4) is 0 Å². The van der Waals surface area contributed by atoms with E-state index >= 15 is 0 Å². The van der Waals surface area contributed by atoms with Gasteiger partial charge in [0, 0.05) is 12.8 Å². The van der Waals surface area contributed by atoms with Crippen LogP contribution in [0.5, 0.6) is 0 Å². The molecule has 0 rings (SSSR count). The van der Waals surface area contributed by atoms with Crippen molar-refractivity contribution in [3.63, 3.8) is 0 Å². The number of nitrogens with one attached hydrogen (secondary N) is 1. The van der Waals surface area contributed by atoms with E-state index < -0.39 is 12.1 Å². The molecule has 0 aliphatic rings. The van der Waals surface area contributed by atoms with Gasteiger partial charge in [-0.3, -0.25) is 9.59 Å². The summed E-state index contributed by atoms with van der Waals surface area (Å²) >= 11 is 0. The monoisotopic (exact) mass is 1040 g/mol. The zero-order valence-corrected chi connectivity index (χ0v) is 49.3. The van der Waals surface area contributed by atoms with Crippen LogP contribution in [0.4, 0.5) is 0 Å². The van der Waals surface area contributed by atoms with Crippen molar-refractivity contribution < 1.29 is 24.5 Å². The second kappa shape index (κ2) is 63.1. The van der Waals surface area contributed by atoms with E-state index in [0.29, 0.717) is 19.4 Å². The molecule has 0 radical (unpaired) electrons. The normalized spacial score (nSPS) is 13.0. The van der Waals surface area contributed by atoms with Crippen LogP contribution < -0.4 is 5.32 Å². The Bertz CT molecular complexity index is 1290. The largest absolute Gasteiger partial charge is 0.466 e. The number of aliphatic hydroxyl groups excluding tert-OH is 2. The zero-order chi connectivity index (χ0) is 53.6. The summed E-state index contributed by atoms with van der Waals surface area (Å²) in [7, 11) is 0. The lowest BCUT2D eigenvalue weighted by molar-refractivity contribution is -0.143. The number of rotatable bonds is 60. The second-order valence-electron chi connectivity index (χ2n) is 22.1. The van der Waals surface area contributed by atoms with E-state index in [1.165, 1.54) is 238 Å². The summed E-state index contributed by atoms with van der Waals surface area (Å²) in [6.07, 6.45) is 82.6. The number of amides is 1. The molecule has 2 atom stereocenters. The van der Waals surface area contributed by atoms with Crippen molar-refractivity contribution in [3.8, 4) is 0 Å². The molecule has 6 heteroatoms. The van der Waals surface area contributed by atoms with Crippen molar-refractivity contribution in [1.82, 2.24) is 5.32 Å². The third-order valence-corrected chi connectivity index (χ3v) is 14.8. The number of hydrogen-bond acceptors (Lipinski definition) is 5. The summed E-state index contributed by atoms with van der Waals surface area (Å²) in [6, 6.07) is -0.637. The van der Waals surface area contributed by atoms with Gasteiger partial charge in [-0.1, -0.05) is 286 Å². The quantitative estimate of drug-likeness (QED) is 0.0320. The summed E-state index contributed by atoms with van der Waals surface area (Å²) in [5.41, 5.74) is 0. The molecule has 0 spiro atoms. The van der Waals surface area contributed by atoms with Gasteiger partial charge in [-0.05, 0) is 96.3 Å². The molecule has 1 amide bonds. The van der Waals surface area contributed by atoms with Gasteiger partial charge in [0.1, 0.15) is 0 Å². The van der Waals surface area contributed by atoms with Gasteiger partial charge in [-0.15, -0.1) is 0 Å². The third-order valence-electron chi connectivity index (χ3n) is 14.8. The number of hydrogen-bond donors (Lipinski definition) is 3. The van der Waals surface area contributed by atoms with Gasteiger partial charge in [0.15, 0.2) is 0 Å². The van der Waals surface area contributed by atoms with E-state index in [-0.39, 0.29) is 18.5 Å². The van der Waals surface area contributed by atoms with E-state index in [4.69, 9.17) is 4.74 Å². The maximum atomic E-state index is 12.5. The summed E-state index contributed by atoms with van der Waals surface area (Å²) in [5, 5.41) is 23.2. The van der Waals surface area contributed by atoms with Crippen molar-refractivity contribution >= 4 is 11.9 Å². The number of allylic oxidation sites excluding steroid dienone is 9. The van der Waals surface area contributed by atoms with Crippen LogP contribution in [0.15, 0.2) is 60.8 Å². The minimum absolute atomic E-state index is 0.00732. The lowest BCUT2D eigenvalue weighted by Gasteiger charge is -2.20. The molecule has 0 aromatic carbocycles. The van der Waals surface area contributed by atoms with Gasteiger partial charge in [-0.2, -0.15) is 0 Å². The highest BCUT2D eigenvalue weighted by molar-refractivity contribution is 5.76. The van der Waals surface area contributed by atoms with Crippen molar-refractivity contribution in [1.29, 1.82) is 0 Å². The summed E-state index contributed by atoms with van der Waals surface area (Å²) in [5.74, 6) is -0.0848. The second-order valence-corrected chi connectivity index (χ2v) is 22.1. The molecule has 0 aromatic heterocycles. The van der Waals surface area contributed by atoms with Crippen LogP contribution in [-0.2, 0) is 14.3 Å². The van der Waals surface area contributed by atoms with Crippen LogP contribution in [0.25, 0.3) is 0 Å². The Morgan fingerprint density at radius 1 is 0.378 bits per heavy atom. The van der Waals surface area contributed by atoms with Crippen LogP contribution in [0.2, 0.25) is 0 Å². The molecule has 0 saturated carbocycles. The first-order valence-corrected chi connectivity index (χ1v) is 32.6. The first-order valence-electron chi connectivity index (χ1n) is 32.6. The first-order chi connectivity index (χ1) is 36.5. The molecule has 0 fully saturated rings. The molecule has 432 valence electrons. The van der Waals surface area contributed by atoms with Gasteiger partial charge in [-0.25, -0.2) is 0 Å². The molecule has 0 aliphatic heterocycles. The molecule has 0 aromatic rings. The van der Waals surface area contributed by atoms with Crippen LogP contribution >= 0.6 is 0 Å². The third kappa shape index (κ3) is 58.8. The molecular formula is C68H125NO5. The van der Waals surface area contributed by atoms with E-state index in [9.17, 15) is 19.8 Å². The predicted molar refractivity (Wildman–Crippen MR) is 324 cm³/mol. The number of unbranched alkanes of at least 4 members (excludes halogenated alkanes) is 41. The van der Waals surface area contributed by atoms with Crippen molar-refractivity contribution in [2.24, 2.45) is 0 Å². The fourth-order valence-electron chi connectivity index (χ4n) is 9.75. The van der Waals surface area contributed by atoms with Gasteiger partial charge in [0.2, 0.25) is 5.91 Å². The lowest BCUT2D eigenvalue weighted by atomic mass is 10.0. The Hall–Kier alpha value is -2.44. The Morgan fingerprint density at radius 2 is 0.676 bits per heavy atom. The highest BCUT2D eigenvalue weighted by Gasteiger charge is 2.18. The van der Waals surface area contributed by atoms with Gasteiger partial charge >= 0.3 is 5.97 Å². The molecule has 74 heavy (non-hydrogen) atoms. The fourth-order valence-corrected chi connectivity index (χ4v) is 9.75. The topological polar surface area (TPSA) is 95.9 Å². The van der Waals surface area contributed by atoms with Gasteiger partial charge in [0.25, 0.3) is 0 Å². The minimum Gasteiger partial charge on any atom is -0.466 e. The first kappa shape index (κ1) is 71.6. The molecule has 0 bridgehead atoms. The number of ether oxygens (including phenoxy) is 1. The lowest BCUT2D eigenvalue weighted by Crippen LogP contribution is -2.45. The van der Waals surface area contributed by atoms with Crippen molar-refractivity contribution in [2.45, 2.75) is 347 Å². The van der Waals surface area contributed by atoms with E-state index in [1.807, 2.05) is 6.08 Å². The molecule has 2 unspecified atom stereocenters. The van der Waals surface area contributed by atoms with Gasteiger partial charge in [0.05, 0.1) is 25.4 Å². The fraction of sp³-hybridized carbons (Fsp3) is 0.824. The highest BCUT2D eigenvalue weighted by Crippen LogP contribution is 2.17. The summed E-state index contributed by atoms with van der Waals surface area (Å²) < 4.78 is 5.48. The molecule has 3 N–H and O–H groups in total. The minimum atomic E-state index is -0.853. The number of aliphatic hydroxyl groups is 2. The summed E-state index contributed by atoms with van der Waals surface area (Å²) in [6.45, 7) is 4.88.